The minimum absolute atomic E-state index is 0.556. The van der Waals surface area contributed by atoms with Crippen LogP contribution in [0.2, 0.25) is 13.1 Å². The SMILES string of the molecule is CCCCc1cc2c(C(C)C)cc(C(C)C)cc2[cH-]1.CCCCc1cc2c(C(C)C)cc(C(C)C)cc2[cH-]1.C[Si]C.[Cl][Ti][Cl]. The van der Waals surface area contributed by atoms with Crippen molar-refractivity contribution in [3.05, 3.63) is 81.9 Å². The van der Waals surface area contributed by atoms with E-state index in [0.717, 1.165) is 9.52 Å². The van der Waals surface area contributed by atoms with Crippen molar-refractivity contribution in [2.75, 3.05) is 0 Å². The molecule has 0 aliphatic carbocycles. The fourth-order valence-corrected chi connectivity index (χ4v) is 5.54. The van der Waals surface area contributed by atoms with Crippen molar-refractivity contribution in [2.24, 2.45) is 0 Å². The maximum atomic E-state index is 4.89. The van der Waals surface area contributed by atoms with E-state index in [1.165, 1.54) is 93.5 Å². The molecule has 0 nitrogen and oxygen atoms in total. The first-order chi connectivity index (χ1) is 20.9. The summed E-state index contributed by atoms with van der Waals surface area (Å²) in [6, 6.07) is 19.3. The van der Waals surface area contributed by atoms with Gasteiger partial charge in [-0.05, 0) is 36.5 Å². The third-order valence-electron chi connectivity index (χ3n) is 8.09. The van der Waals surface area contributed by atoms with Crippen LogP contribution in [-0.2, 0) is 29.9 Å². The monoisotopic (exact) mass is 686 g/mol. The summed E-state index contributed by atoms with van der Waals surface area (Å²) in [5.41, 5.74) is 9.01. The van der Waals surface area contributed by atoms with Gasteiger partial charge < -0.3 is 0 Å². The van der Waals surface area contributed by atoms with E-state index in [1.807, 2.05) is 0 Å². The summed E-state index contributed by atoms with van der Waals surface area (Å²) in [7, 11) is 10.9. The molecule has 4 heteroatoms. The van der Waals surface area contributed by atoms with Crippen molar-refractivity contribution in [2.45, 2.75) is 145 Å². The molecule has 0 heterocycles. The Bertz CT molecular complexity index is 1240. The Labute approximate surface area is 291 Å². The van der Waals surface area contributed by atoms with E-state index in [9.17, 15) is 0 Å². The number of fused-ring (bicyclic) bond motifs is 2. The van der Waals surface area contributed by atoms with E-state index in [2.05, 4.69) is 131 Å². The summed E-state index contributed by atoms with van der Waals surface area (Å²) in [4.78, 5) is 0. The van der Waals surface area contributed by atoms with Crippen LogP contribution in [0.1, 0.15) is 152 Å². The molecule has 44 heavy (non-hydrogen) atoms. The second-order valence-electron chi connectivity index (χ2n) is 13.4. The predicted molar refractivity (Wildman–Crippen MR) is 202 cm³/mol. The molecule has 0 aliphatic rings. The Morgan fingerprint density at radius 1 is 0.591 bits per heavy atom. The number of rotatable bonds is 10. The summed E-state index contributed by atoms with van der Waals surface area (Å²) >= 11 is -0.556. The molecule has 0 bridgehead atoms. The van der Waals surface area contributed by atoms with E-state index in [0.29, 0.717) is 23.7 Å². The van der Waals surface area contributed by atoms with Gasteiger partial charge in [-0.1, -0.05) is 142 Å². The number of hydrogen-bond donors (Lipinski definition) is 0. The van der Waals surface area contributed by atoms with Crippen molar-refractivity contribution in [3.8, 4) is 0 Å². The van der Waals surface area contributed by atoms with Gasteiger partial charge in [0, 0.05) is 9.52 Å². The molecule has 0 spiro atoms. The fraction of sp³-hybridized carbons (Fsp3) is 0.550. The molecule has 0 fully saturated rings. The zero-order valence-corrected chi connectivity index (χ0v) is 34.0. The third kappa shape index (κ3) is 13.1. The van der Waals surface area contributed by atoms with Crippen LogP contribution >= 0.6 is 18.6 Å². The number of halogens is 2. The minimum atomic E-state index is -0.556. The second-order valence-corrected chi connectivity index (χ2v) is 16.9. The first-order valence-corrected chi connectivity index (χ1v) is 23.2. The molecule has 0 amide bonds. The van der Waals surface area contributed by atoms with Crippen molar-refractivity contribution < 1.29 is 17.0 Å². The van der Waals surface area contributed by atoms with Crippen molar-refractivity contribution in [1.82, 2.24) is 0 Å². The molecule has 2 radical (unpaired) electrons. The Morgan fingerprint density at radius 3 is 1.16 bits per heavy atom. The Balaban J connectivity index is 0.000000373. The summed E-state index contributed by atoms with van der Waals surface area (Å²) < 4.78 is 0. The Kier molecular flexibility index (Phi) is 20.5. The topological polar surface area (TPSA) is 0 Å². The van der Waals surface area contributed by atoms with Gasteiger partial charge >= 0.3 is 35.6 Å². The van der Waals surface area contributed by atoms with Gasteiger partial charge in [0.05, 0.1) is 0 Å². The van der Waals surface area contributed by atoms with E-state index >= 15 is 0 Å². The van der Waals surface area contributed by atoms with Gasteiger partial charge in [0.15, 0.2) is 0 Å². The molecule has 0 N–H and O–H groups in total. The molecule has 0 unspecified atom stereocenters. The normalized spacial score (nSPS) is 11.0. The zero-order chi connectivity index (χ0) is 33.4. The van der Waals surface area contributed by atoms with Gasteiger partial charge in [-0.2, -0.15) is 12.1 Å². The zero-order valence-electron chi connectivity index (χ0n) is 29.9. The van der Waals surface area contributed by atoms with Gasteiger partial charge in [-0.3, -0.25) is 0 Å². The first kappa shape index (κ1) is 41.2. The summed E-state index contributed by atoms with van der Waals surface area (Å²) in [5, 5.41) is 5.85. The van der Waals surface area contributed by atoms with Crippen LogP contribution in [0.25, 0.3) is 21.5 Å². The van der Waals surface area contributed by atoms with E-state index in [-0.39, 0.29) is 0 Å². The molecular weight excluding hydrogens is 627 g/mol. The van der Waals surface area contributed by atoms with Crippen molar-refractivity contribution in [3.63, 3.8) is 0 Å². The van der Waals surface area contributed by atoms with Gasteiger partial charge in [-0.15, -0.1) is 56.9 Å². The summed E-state index contributed by atoms with van der Waals surface area (Å²) in [6.07, 6.45) is 7.58. The molecule has 0 aliphatic heterocycles. The number of benzene rings is 2. The maximum absolute atomic E-state index is 4.89. The standard InChI is InChI=1S/2C19H27.C2H6Si.2ClH.Ti/c2*1-6-7-8-15-9-17-11-16(13(2)3)12-18(14(4)5)19(17)10-15;1-3-2;;;/h2*9-14H,6-8H2,1-5H3;1-2H3;2*1H;/q2*-1;;;;+2/p-2. The number of unbranched alkanes of at least 4 members (excludes halogenated alkanes) is 2. The van der Waals surface area contributed by atoms with Crippen LogP contribution in [-0.4, -0.2) is 9.52 Å². The van der Waals surface area contributed by atoms with Crippen LogP contribution in [0.5, 0.6) is 0 Å². The summed E-state index contributed by atoms with van der Waals surface area (Å²) in [6.45, 7) is 27.2. The predicted octanol–water partition coefficient (Wildman–Crippen LogP) is 14.5. The Hall–Kier alpha value is -0.829. The van der Waals surface area contributed by atoms with Gasteiger partial charge in [-0.25, -0.2) is 0 Å². The molecule has 0 atom stereocenters. The molecule has 4 aromatic carbocycles. The van der Waals surface area contributed by atoms with Gasteiger partial charge in [0.1, 0.15) is 0 Å². The average Bonchev–Trinajstić information content (AvgIpc) is 3.58. The molecule has 4 aromatic rings. The van der Waals surface area contributed by atoms with Crippen LogP contribution in [0.15, 0.2) is 48.5 Å². The molecule has 0 saturated heterocycles. The second kappa shape index (κ2) is 21.9. The van der Waals surface area contributed by atoms with Crippen molar-refractivity contribution in [1.29, 1.82) is 0 Å². The quantitative estimate of drug-likeness (QED) is 0.115. The van der Waals surface area contributed by atoms with E-state index < -0.39 is 17.0 Å². The first-order valence-electron chi connectivity index (χ1n) is 16.9. The number of aryl methyl sites for hydroxylation is 2. The summed E-state index contributed by atoms with van der Waals surface area (Å²) in [5.74, 6) is 2.41. The van der Waals surface area contributed by atoms with E-state index in [1.54, 1.807) is 0 Å². The average molecular weight is 688 g/mol. The molecule has 244 valence electrons. The van der Waals surface area contributed by atoms with Crippen LogP contribution in [0, 0.1) is 0 Å². The van der Waals surface area contributed by atoms with Gasteiger partial charge in [0.2, 0.25) is 0 Å². The molecular formula is C40H60Cl2SiTi-2. The van der Waals surface area contributed by atoms with Crippen LogP contribution in [0.4, 0.5) is 0 Å². The van der Waals surface area contributed by atoms with Gasteiger partial charge in [0.25, 0.3) is 0 Å². The van der Waals surface area contributed by atoms with Crippen LogP contribution in [0.3, 0.4) is 0 Å². The molecule has 4 rings (SSSR count). The molecule has 0 aromatic heterocycles. The third-order valence-corrected chi connectivity index (χ3v) is 8.09. The van der Waals surface area contributed by atoms with E-state index in [4.69, 9.17) is 18.6 Å². The fourth-order valence-electron chi connectivity index (χ4n) is 5.54. The van der Waals surface area contributed by atoms with Crippen molar-refractivity contribution >= 4 is 49.7 Å². The Morgan fingerprint density at radius 2 is 0.909 bits per heavy atom. The number of hydrogen-bond acceptors (Lipinski definition) is 0. The molecule has 0 saturated carbocycles. The van der Waals surface area contributed by atoms with Crippen LogP contribution < -0.4 is 0 Å².